The molecule has 2 nitrogen and oxygen atoms in total. The summed E-state index contributed by atoms with van der Waals surface area (Å²) >= 11 is 11.8. The van der Waals surface area contributed by atoms with Crippen molar-refractivity contribution in [2.45, 2.75) is 36.1 Å². The molecule has 0 aromatic heterocycles. The Hall–Kier alpha value is 0.790. The third-order valence-electron chi connectivity index (χ3n) is 1.93. The number of hydrogen-bond acceptors (Lipinski definition) is 2. The summed E-state index contributed by atoms with van der Waals surface area (Å²) in [7, 11) is 0. The molecule has 0 spiro atoms. The van der Waals surface area contributed by atoms with Crippen LogP contribution in [0.3, 0.4) is 0 Å². The Bertz CT molecular complexity index is 117. The summed E-state index contributed by atoms with van der Waals surface area (Å²) in [6.45, 7) is 0. The second-order valence-electron chi connectivity index (χ2n) is 2.71. The molecule has 1 saturated carbocycles. The fraction of sp³-hybridized carbons (Fsp3) is 1.00. The van der Waals surface area contributed by atoms with E-state index in [1.54, 1.807) is 0 Å². The maximum absolute atomic E-state index is 5.91. The van der Waals surface area contributed by atoms with E-state index in [4.69, 9.17) is 29.0 Å². The monoisotopic (exact) mass is 218 g/mol. The molecule has 0 radical (unpaired) electrons. The first-order valence-corrected chi connectivity index (χ1v) is 4.35. The van der Waals surface area contributed by atoms with Crippen molar-refractivity contribution in [1.29, 1.82) is 0 Å². The lowest BCUT2D eigenvalue weighted by Gasteiger charge is -2.28. The molecule has 3 unspecified atom stereocenters. The molecule has 0 bridgehead atoms. The smallest absolute Gasteiger partial charge is 1.00 e. The van der Waals surface area contributed by atoms with E-state index in [1.807, 2.05) is 0 Å². The molecule has 0 amide bonds. The Morgan fingerprint density at radius 1 is 1.27 bits per heavy atom. The molecule has 1 fully saturated rings. The van der Waals surface area contributed by atoms with E-state index in [-0.39, 0.29) is 24.6 Å². The third kappa shape index (κ3) is 3.34. The molecule has 1 aliphatic rings. The van der Waals surface area contributed by atoms with Crippen LogP contribution >= 0.6 is 23.2 Å². The SMILES string of the molecule is NNC1CCC(Cl)C(Cl)C1.[Cl-].[H+]. The lowest BCUT2D eigenvalue weighted by molar-refractivity contribution is -0.00000209. The molecule has 1 aliphatic carbocycles. The topological polar surface area (TPSA) is 38.0 Å². The molecule has 68 valence electrons. The summed E-state index contributed by atoms with van der Waals surface area (Å²) in [4.78, 5) is 0. The van der Waals surface area contributed by atoms with Gasteiger partial charge in [-0.3, -0.25) is 11.3 Å². The zero-order chi connectivity index (χ0) is 7.56. The maximum Gasteiger partial charge on any atom is 1.00 e. The van der Waals surface area contributed by atoms with Crippen LogP contribution in [-0.4, -0.2) is 16.8 Å². The van der Waals surface area contributed by atoms with Crippen molar-refractivity contribution in [2.24, 2.45) is 5.84 Å². The zero-order valence-corrected chi connectivity index (χ0v) is 8.33. The molecule has 5 heteroatoms. The fourth-order valence-electron chi connectivity index (χ4n) is 1.23. The molecule has 3 N–H and O–H groups in total. The first kappa shape index (κ1) is 11.8. The Balaban J connectivity index is 0. The largest absolute Gasteiger partial charge is 1.00 e. The number of hydrogen-bond donors (Lipinski definition) is 2. The molecular weight excluding hydrogens is 206 g/mol. The van der Waals surface area contributed by atoms with Crippen molar-refractivity contribution in [1.82, 2.24) is 5.43 Å². The van der Waals surface area contributed by atoms with Gasteiger partial charge in [0.05, 0.1) is 10.8 Å². The van der Waals surface area contributed by atoms with Crippen LogP contribution in [0.1, 0.15) is 20.7 Å². The van der Waals surface area contributed by atoms with E-state index in [0.717, 1.165) is 19.3 Å². The minimum absolute atomic E-state index is 0. The number of rotatable bonds is 1. The number of nitrogens with two attached hydrogens (primary N) is 1. The predicted molar refractivity (Wildman–Crippen MR) is 45.4 cm³/mol. The molecule has 3 atom stereocenters. The van der Waals surface area contributed by atoms with Gasteiger partial charge in [0.1, 0.15) is 0 Å². The molecule has 0 aliphatic heterocycles. The van der Waals surface area contributed by atoms with Crippen LogP contribution in [0, 0.1) is 0 Å². The molecule has 0 aromatic rings. The Labute approximate surface area is 84.7 Å². The first-order chi connectivity index (χ1) is 4.74. The van der Waals surface area contributed by atoms with E-state index >= 15 is 0 Å². The summed E-state index contributed by atoms with van der Waals surface area (Å²) in [6.07, 6.45) is 2.88. The normalized spacial score (nSPS) is 37.9. The quantitative estimate of drug-likeness (QED) is 0.315. The van der Waals surface area contributed by atoms with Crippen LogP contribution < -0.4 is 23.7 Å². The molecule has 11 heavy (non-hydrogen) atoms. The average molecular weight is 220 g/mol. The molecule has 0 saturated heterocycles. The van der Waals surface area contributed by atoms with E-state index in [9.17, 15) is 0 Å². The van der Waals surface area contributed by atoms with Crippen LogP contribution in [0.5, 0.6) is 0 Å². The molecule has 0 heterocycles. The van der Waals surface area contributed by atoms with Crippen LogP contribution in [0.2, 0.25) is 0 Å². The van der Waals surface area contributed by atoms with E-state index in [2.05, 4.69) is 5.43 Å². The van der Waals surface area contributed by atoms with E-state index < -0.39 is 0 Å². The highest BCUT2D eigenvalue weighted by atomic mass is 35.5. The maximum atomic E-state index is 5.91. The van der Waals surface area contributed by atoms with Crippen LogP contribution in [0.4, 0.5) is 0 Å². The number of hydrazine groups is 1. The molecule has 1 rings (SSSR count). The Morgan fingerprint density at radius 2 is 1.91 bits per heavy atom. The minimum atomic E-state index is 0. The van der Waals surface area contributed by atoms with E-state index in [1.165, 1.54) is 0 Å². The van der Waals surface area contributed by atoms with Crippen molar-refractivity contribution >= 4 is 23.2 Å². The Kier molecular flexibility index (Phi) is 5.83. The second-order valence-corrected chi connectivity index (χ2v) is 3.83. The highest BCUT2D eigenvalue weighted by Gasteiger charge is 2.26. The summed E-state index contributed by atoms with van der Waals surface area (Å²) in [5.74, 6) is 5.26. The van der Waals surface area contributed by atoms with Gasteiger partial charge in [-0.05, 0) is 19.3 Å². The number of halogens is 3. The van der Waals surface area contributed by atoms with Crippen molar-refractivity contribution in [3.05, 3.63) is 0 Å². The predicted octanol–water partition coefficient (Wildman–Crippen LogP) is -1.67. The number of nitrogens with one attached hydrogen (secondary N) is 1. The van der Waals surface area contributed by atoms with Gasteiger partial charge >= 0.3 is 1.43 Å². The van der Waals surface area contributed by atoms with Crippen LogP contribution in [-0.2, 0) is 0 Å². The minimum Gasteiger partial charge on any atom is -1.00 e. The highest BCUT2D eigenvalue weighted by molar-refractivity contribution is 6.30. The first-order valence-electron chi connectivity index (χ1n) is 3.48. The van der Waals surface area contributed by atoms with Crippen molar-refractivity contribution in [2.75, 3.05) is 0 Å². The average Bonchev–Trinajstić information content (AvgIpc) is 1.95. The number of alkyl halides is 2. The highest BCUT2D eigenvalue weighted by Crippen LogP contribution is 2.26. The van der Waals surface area contributed by atoms with Gasteiger partial charge in [0, 0.05) is 6.04 Å². The van der Waals surface area contributed by atoms with Gasteiger partial charge in [-0.1, -0.05) is 0 Å². The summed E-state index contributed by atoms with van der Waals surface area (Å²) in [5, 5.41) is 0.211. The Morgan fingerprint density at radius 3 is 2.36 bits per heavy atom. The second kappa shape index (κ2) is 5.44. The van der Waals surface area contributed by atoms with Gasteiger partial charge in [-0.15, -0.1) is 23.2 Å². The summed E-state index contributed by atoms with van der Waals surface area (Å²) < 4.78 is 0. The summed E-state index contributed by atoms with van der Waals surface area (Å²) in [6, 6.07) is 0.359. The van der Waals surface area contributed by atoms with Crippen molar-refractivity contribution < 1.29 is 13.8 Å². The standard InChI is InChI=1S/C6H12Cl2N2.ClH/c7-5-2-1-4(10-9)3-6(5)8;/h4-6,10H,1-3,9H2;1H. The third-order valence-corrected chi connectivity index (χ3v) is 3.06. The van der Waals surface area contributed by atoms with Crippen molar-refractivity contribution in [3.8, 4) is 0 Å². The van der Waals surface area contributed by atoms with Gasteiger partial charge in [-0.25, -0.2) is 0 Å². The molecular formula is C6H13Cl3N2. The van der Waals surface area contributed by atoms with E-state index in [0.29, 0.717) is 6.04 Å². The lowest BCUT2D eigenvalue weighted by atomic mass is 9.95. The lowest BCUT2D eigenvalue weighted by Crippen LogP contribution is -3.00. The summed E-state index contributed by atoms with van der Waals surface area (Å²) in [5.41, 5.74) is 2.71. The van der Waals surface area contributed by atoms with Crippen LogP contribution in [0.25, 0.3) is 0 Å². The van der Waals surface area contributed by atoms with Crippen LogP contribution in [0.15, 0.2) is 0 Å². The zero-order valence-electron chi connectivity index (χ0n) is 7.06. The molecule has 0 aromatic carbocycles. The van der Waals surface area contributed by atoms with Gasteiger partial charge < -0.3 is 12.4 Å². The van der Waals surface area contributed by atoms with Gasteiger partial charge in [0.2, 0.25) is 0 Å². The van der Waals surface area contributed by atoms with Gasteiger partial charge in [0.15, 0.2) is 0 Å². The fourth-order valence-corrected chi connectivity index (χ4v) is 1.80. The van der Waals surface area contributed by atoms with Gasteiger partial charge in [0.25, 0.3) is 0 Å². The van der Waals surface area contributed by atoms with Gasteiger partial charge in [-0.2, -0.15) is 0 Å². The van der Waals surface area contributed by atoms with Crippen molar-refractivity contribution in [3.63, 3.8) is 0 Å².